The van der Waals surface area contributed by atoms with Crippen molar-refractivity contribution >= 4 is 43.9 Å². The first-order valence-electron chi connectivity index (χ1n) is 11.1. The summed E-state index contributed by atoms with van der Waals surface area (Å²) in [5.74, 6) is 1.26. The second kappa shape index (κ2) is 9.01. The molecule has 1 saturated heterocycles. The summed E-state index contributed by atoms with van der Waals surface area (Å²) in [5.41, 5.74) is 1.54. The number of aromatic nitrogens is 4. The number of anilines is 1. The van der Waals surface area contributed by atoms with E-state index in [0.29, 0.717) is 36.8 Å². The Labute approximate surface area is 202 Å². The van der Waals surface area contributed by atoms with Gasteiger partial charge in [0.25, 0.3) is 0 Å². The Morgan fingerprint density at radius 3 is 2.74 bits per heavy atom. The van der Waals surface area contributed by atoms with Crippen LogP contribution in [-0.2, 0) is 10.0 Å². The number of hydrogen-bond acceptors (Lipinski definition) is 7. The molecule has 0 amide bonds. The monoisotopic (exact) mass is 500 g/mol. The highest BCUT2D eigenvalue weighted by Crippen LogP contribution is 2.35. The largest absolute Gasteiger partial charge is 0.474 e. The summed E-state index contributed by atoms with van der Waals surface area (Å²) in [6, 6.07) is 11.2. The van der Waals surface area contributed by atoms with Gasteiger partial charge in [0.2, 0.25) is 15.9 Å². The van der Waals surface area contributed by atoms with Crippen LogP contribution in [-0.4, -0.2) is 57.8 Å². The van der Waals surface area contributed by atoms with Crippen LogP contribution < -0.4 is 10.1 Å². The maximum atomic E-state index is 11.8. The Bertz CT molecular complexity index is 1450. The molecule has 4 heterocycles. The number of rotatable bonds is 6. The van der Waals surface area contributed by atoms with Gasteiger partial charge >= 0.3 is 0 Å². The fraction of sp³-hybridized carbons (Fsp3) is 0.348. The zero-order valence-electron chi connectivity index (χ0n) is 18.8. The van der Waals surface area contributed by atoms with Gasteiger partial charge in [0.1, 0.15) is 11.9 Å². The summed E-state index contributed by atoms with van der Waals surface area (Å²) in [6.45, 7) is 2.87. The lowest BCUT2D eigenvalue weighted by Gasteiger charge is -2.30. The number of nitrogens with one attached hydrogen (secondary N) is 1. The zero-order valence-corrected chi connectivity index (χ0v) is 20.4. The fourth-order valence-corrected chi connectivity index (χ4v) is 5.37. The van der Waals surface area contributed by atoms with Gasteiger partial charge in [0.15, 0.2) is 5.65 Å². The zero-order chi connectivity index (χ0) is 23.9. The summed E-state index contributed by atoms with van der Waals surface area (Å²) in [6.07, 6.45) is 5.71. The number of fused-ring (bicyclic) bond motifs is 2. The number of pyridine rings is 1. The summed E-state index contributed by atoms with van der Waals surface area (Å²) in [5, 5.41) is 10.0. The molecule has 0 saturated carbocycles. The minimum atomic E-state index is -3.20. The molecule has 4 aromatic rings. The van der Waals surface area contributed by atoms with Gasteiger partial charge in [-0.1, -0.05) is 23.7 Å². The van der Waals surface area contributed by atoms with Crippen LogP contribution in [0.1, 0.15) is 31.5 Å². The van der Waals surface area contributed by atoms with Gasteiger partial charge in [-0.25, -0.2) is 22.7 Å². The van der Waals surface area contributed by atoms with Gasteiger partial charge in [0.05, 0.1) is 34.6 Å². The average molecular weight is 501 g/mol. The molecule has 9 nitrogen and oxygen atoms in total. The SMILES string of the molecule is C[C@H](Nc1ccnc2ccnn12)c1cc2cccc(Cl)c2c(OC2CCN(S(C)(=O)=O)CC2)n1. The van der Waals surface area contributed by atoms with E-state index in [4.69, 9.17) is 21.3 Å². The maximum absolute atomic E-state index is 11.8. The number of benzene rings is 1. The van der Waals surface area contributed by atoms with E-state index >= 15 is 0 Å². The third kappa shape index (κ3) is 4.53. The van der Waals surface area contributed by atoms with Gasteiger partial charge in [-0.05, 0) is 43.4 Å². The van der Waals surface area contributed by atoms with Crippen molar-refractivity contribution in [1.82, 2.24) is 23.9 Å². The van der Waals surface area contributed by atoms with Crippen LogP contribution in [0.4, 0.5) is 5.82 Å². The van der Waals surface area contributed by atoms with E-state index in [1.807, 2.05) is 43.3 Å². The summed E-state index contributed by atoms with van der Waals surface area (Å²) in [7, 11) is -3.20. The summed E-state index contributed by atoms with van der Waals surface area (Å²) in [4.78, 5) is 9.14. The molecule has 1 N–H and O–H groups in total. The number of sulfonamides is 1. The quantitative estimate of drug-likeness (QED) is 0.428. The average Bonchev–Trinajstić information content (AvgIpc) is 3.29. The highest BCUT2D eigenvalue weighted by Gasteiger charge is 2.27. The molecule has 0 spiro atoms. The van der Waals surface area contributed by atoms with Crippen molar-refractivity contribution in [1.29, 1.82) is 0 Å². The highest BCUT2D eigenvalue weighted by atomic mass is 35.5. The van der Waals surface area contributed by atoms with Gasteiger partial charge in [-0.15, -0.1) is 0 Å². The number of piperidine rings is 1. The van der Waals surface area contributed by atoms with Crippen LogP contribution in [0.25, 0.3) is 16.4 Å². The Hall–Kier alpha value is -2.95. The van der Waals surface area contributed by atoms with Crippen LogP contribution in [0.15, 0.2) is 48.8 Å². The summed E-state index contributed by atoms with van der Waals surface area (Å²) < 4.78 is 33.2. The Morgan fingerprint density at radius 1 is 1.18 bits per heavy atom. The van der Waals surface area contributed by atoms with Crippen molar-refractivity contribution in [3.8, 4) is 5.88 Å². The van der Waals surface area contributed by atoms with Crippen molar-refractivity contribution in [2.75, 3.05) is 24.7 Å². The molecule has 5 rings (SSSR count). The predicted octanol–water partition coefficient (Wildman–Crippen LogP) is 3.91. The number of halogens is 1. The molecule has 1 aromatic carbocycles. The first kappa shape index (κ1) is 22.8. The van der Waals surface area contributed by atoms with Crippen molar-refractivity contribution < 1.29 is 13.2 Å². The molecule has 1 aliphatic heterocycles. The van der Waals surface area contributed by atoms with Crippen LogP contribution in [0.3, 0.4) is 0 Å². The minimum Gasteiger partial charge on any atom is -0.474 e. The van der Waals surface area contributed by atoms with Gasteiger partial charge < -0.3 is 10.1 Å². The predicted molar refractivity (Wildman–Crippen MR) is 132 cm³/mol. The standard InChI is InChI=1S/C23H25ClN6O3S/c1-15(27-21-6-10-25-20-7-11-26-30(20)21)19-14-16-4-3-5-18(24)22(16)23(28-19)33-17-8-12-29(13-9-17)34(2,31)32/h3-7,10-11,14-15,17,27H,8-9,12-13H2,1-2H3/t15-/m0/s1. The van der Waals surface area contributed by atoms with Crippen molar-refractivity contribution in [2.24, 2.45) is 0 Å². The molecule has 0 aliphatic carbocycles. The van der Waals surface area contributed by atoms with E-state index in [1.54, 1.807) is 16.9 Å². The Morgan fingerprint density at radius 2 is 1.97 bits per heavy atom. The lowest BCUT2D eigenvalue weighted by molar-refractivity contribution is 0.132. The van der Waals surface area contributed by atoms with Gasteiger partial charge in [-0.3, -0.25) is 0 Å². The van der Waals surface area contributed by atoms with Gasteiger partial charge in [0, 0.05) is 25.4 Å². The molecule has 34 heavy (non-hydrogen) atoms. The molecule has 1 fully saturated rings. The Kier molecular flexibility index (Phi) is 6.05. The smallest absolute Gasteiger partial charge is 0.223 e. The van der Waals surface area contributed by atoms with Gasteiger partial charge in [-0.2, -0.15) is 9.61 Å². The molecule has 3 aromatic heterocycles. The first-order valence-corrected chi connectivity index (χ1v) is 13.3. The number of ether oxygens (including phenoxy) is 1. The second-order valence-corrected chi connectivity index (χ2v) is 10.9. The van der Waals surface area contributed by atoms with Crippen molar-refractivity contribution in [3.63, 3.8) is 0 Å². The molecule has 178 valence electrons. The van der Waals surface area contributed by atoms with Crippen LogP contribution in [0.2, 0.25) is 5.02 Å². The van der Waals surface area contributed by atoms with E-state index in [0.717, 1.165) is 27.9 Å². The van der Waals surface area contributed by atoms with E-state index in [9.17, 15) is 8.42 Å². The molecule has 0 unspecified atom stereocenters. The second-order valence-electron chi connectivity index (χ2n) is 8.47. The molecular weight excluding hydrogens is 476 g/mol. The van der Waals surface area contributed by atoms with Crippen molar-refractivity contribution in [3.05, 3.63) is 59.5 Å². The topological polar surface area (TPSA) is 102 Å². The van der Waals surface area contributed by atoms with Crippen LogP contribution >= 0.6 is 11.6 Å². The molecule has 0 bridgehead atoms. The molecule has 1 aliphatic rings. The number of nitrogens with zero attached hydrogens (tertiary/aromatic N) is 5. The third-order valence-corrected chi connectivity index (χ3v) is 7.66. The Balaban J connectivity index is 1.44. The highest BCUT2D eigenvalue weighted by molar-refractivity contribution is 7.88. The lowest BCUT2D eigenvalue weighted by Crippen LogP contribution is -2.41. The normalized spacial score (nSPS) is 16.7. The molecule has 0 radical (unpaired) electrons. The van der Waals surface area contributed by atoms with Crippen molar-refractivity contribution in [2.45, 2.75) is 31.9 Å². The third-order valence-electron chi connectivity index (χ3n) is 6.04. The minimum absolute atomic E-state index is 0.146. The van der Waals surface area contributed by atoms with E-state index in [-0.39, 0.29) is 12.1 Å². The molecule has 1 atom stereocenters. The summed E-state index contributed by atoms with van der Waals surface area (Å²) >= 11 is 6.54. The van der Waals surface area contributed by atoms with Crippen LogP contribution in [0, 0.1) is 0 Å². The number of hydrogen-bond donors (Lipinski definition) is 1. The van der Waals surface area contributed by atoms with E-state index in [1.165, 1.54) is 10.6 Å². The van der Waals surface area contributed by atoms with E-state index < -0.39 is 10.0 Å². The van der Waals surface area contributed by atoms with Crippen LogP contribution in [0.5, 0.6) is 5.88 Å². The maximum Gasteiger partial charge on any atom is 0.223 e. The molecular formula is C23H25ClN6O3S. The lowest BCUT2D eigenvalue weighted by atomic mass is 10.1. The first-order chi connectivity index (χ1) is 16.3. The van der Waals surface area contributed by atoms with E-state index in [2.05, 4.69) is 15.4 Å². The molecule has 11 heteroatoms. The fourth-order valence-electron chi connectivity index (χ4n) is 4.24.